The van der Waals surface area contributed by atoms with Crippen molar-refractivity contribution in [1.29, 1.82) is 0 Å². The van der Waals surface area contributed by atoms with E-state index < -0.39 is 5.97 Å². The van der Waals surface area contributed by atoms with Gasteiger partial charge in [0.25, 0.3) is 0 Å². The minimum atomic E-state index is -1.15. The molecule has 0 amide bonds. The first-order valence-electron chi connectivity index (χ1n) is 8.69. The van der Waals surface area contributed by atoms with Crippen molar-refractivity contribution in [3.05, 3.63) is 77.4 Å². The van der Waals surface area contributed by atoms with Crippen LogP contribution in [0.2, 0.25) is 0 Å². The number of carboxylic acids is 1. The molecule has 2 aromatic carbocycles. The molecule has 27 heavy (non-hydrogen) atoms. The lowest BCUT2D eigenvalue weighted by molar-refractivity contribution is -0.129. The lowest BCUT2D eigenvalue weighted by atomic mass is 9.98. The molecular weight excluding hydrogens is 344 g/mol. The second-order valence-electron chi connectivity index (χ2n) is 6.12. The van der Waals surface area contributed by atoms with Crippen LogP contribution in [0.15, 0.2) is 65.8 Å². The Hall–Kier alpha value is -2.96. The lowest BCUT2D eigenvalue weighted by Crippen LogP contribution is -2.19. The number of aliphatic carboxylic acids is 1. The predicted molar refractivity (Wildman–Crippen MR) is 103 cm³/mol. The van der Waals surface area contributed by atoms with Gasteiger partial charge in [-0.15, -0.1) is 5.06 Å². The Kier molecular flexibility index (Phi) is 5.69. The third-order valence-corrected chi connectivity index (χ3v) is 4.52. The largest absolute Gasteiger partial charge is 0.476 e. The van der Waals surface area contributed by atoms with Crippen LogP contribution >= 0.6 is 0 Å². The molecule has 0 aliphatic carbocycles. The van der Waals surface area contributed by atoms with E-state index >= 15 is 0 Å². The maximum absolute atomic E-state index is 11.6. The number of carbonyl (C=O) groups is 1. The Morgan fingerprint density at radius 2 is 1.89 bits per heavy atom. The normalized spacial score (nSPS) is 20.9. The van der Waals surface area contributed by atoms with Crippen molar-refractivity contribution in [3.8, 4) is 0 Å². The van der Waals surface area contributed by atoms with Crippen molar-refractivity contribution in [2.75, 3.05) is 7.11 Å². The SMILES string of the molecule is CC=C(c1ccccc1)C(C)N1OC1c1ccccc1/C(=N\OC)C(=O)O. The van der Waals surface area contributed by atoms with Gasteiger partial charge in [-0.25, -0.2) is 4.79 Å². The average molecular weight is 366 g/mol. The smallest absolute Gasteiger partial charge is 0.358 e. The highest BCUT2D eigenvalue weighted by atomic mass is 16.8. The van der Waals surface area contributed by atoms with Crippen LogP contribution in [0, 0.1) is 0 Å². The number of hydroxylamine groups is 2. The van der Waals surface area contributed by atoms with Crippen molar-refractivity contribution in [1.82, 2.24) is 5.06 Å². The maximum atomic E-state index is 11.6. The number of allylic oxidation sites excluding steroid dienone is 1. The van der Waals surface area contributed by atoms with Gasteiger partial charge in [-0.05, 0) is 25.0 Å². The van der Waals surface area contributed by atoms with E-state index in [2.05, 4.69) is 30.3 Å². The number of nitrogens with zero attached hydrogens (tertiary/aromatic N) is 2. The van der Waals surface area contributed by atoms with Gasteiger partial charge in [-0.1, -0.05) is 65.8 Å². The maximum Gasteiger partial charge on any atom is 0.358 e. The third-order valence-electron chi connectivity index (χ3n) is 4.52. The molecule has 6 nitrogen and oxygen atoms in total. The Balaban J connectivity index is 1.87. The van der Waals surface area contributed by atoms with E-state index in [1.165, 1.54) is 7.11 Å². The number of carboxylic acid groups (broad SMARTS) is 1. The molecule has 6 heteroatoms. The molecular formula is C21H22N2O4. The Morgan fingerprint density at radius 3 is 2.52 bits per heavy atom. The fraction of sp³-hybridized carbons (Fsp3) is 0.238. The zero-order valence-electron chi connectivity index (χ0n) is 15.5. The Morgan fingerprint density at radius 1 is 1.22 bits per heavy atom. The molecule has 1 N–H and O–H groups in total. The molecule has 3 unspecified atom stereocenters. The first-order chi connectivity index (χ1) is 13.1. The summed E-state index contributed by atoms with van der Waals surface area (Å²) in [5, 5.41) is 15.0. The summed E-state index contributed by atoms with van der Waals surface area (Å²) in [6.45, 7) is 4.06. The van der Waals surface area contributed by atoms with E-state index in [1.807, 2.05) is 42.3 Å². The molecule has 1 fully saturated rings. The number of rotatable bonds is 7. The van der Waals surface area contributed by atoms with Gasteiger partial charge in [0.05, 0.1) is 6.04 Å². The fourth-order valence-electron chi connectivity index (χ4n) is 3.22. The summed E-state index contributed by atoms with van der Waals surface area (Å²) in [7, 11) is 1.33. The molecule has 140 valence electrons. The molecule has 0 radical (unpaired) electrons. The fourth-order valence-corrected chi connectivity index (χ4v) is 3.22. The van der Waals surface area contributed by atoms with E-state index in [9.17, 15) is 9.90 Å². The van der Waals surface area contributed by atoms with Gasteiger partial charge in [-0.2, -0.15) is 0 Å². The second kappa shape index (κ2) is 8.16. The highest BCUT2D eigenvalue weighted by Crippen LogP contribution is 2.43. The molecule has 1 saturated heterocycles. The van der Waals surface area contributed by atoms with E-state index in [0.29, 0.717) is 5.56 Å². The molecule has 0 saturated carbocycles. The van der Waals surface area contributed by atoms with Crippen molar-refractivity contribution >= 4 is 17.3 Å². The zero-order valence-corrected chi connectivity index (χ0v) is 15.5. The molecule has 1 heterocycles. The predicted octanol–water partition coefficient (Wildman–Crippen LogP) is 3.86. The first-order valence-corrected chi connectivity index (χ1v) is 8.69. The monoisotopic (exact) mass is 366 g/mol. The lowest BCUT2D eigenvalue weighted by Gasteiger charge is -2.16. The van der Waals surface area contributed by atoms with Crippen LogP contribution in [0.5, 0.6) is 0 Å². The van der Waals surface area contributed by atoms with Gasteiger partial charge < -0.3 is 9.94 Å². The molecule has 0 spiro atoms. The van der Waals surface area contributed by atoms with Crippen LogP contribution in [0.1, 0.15) is 36.8 Å². The first kappa shape index (κ1) is 18.8. The van der Waals surface area contributed by atoms with Gasteiger partial charge in [0.1, 0.15) is 7.11 Å². The minimum absolute atomic E-state index is 0.00287. The number of oxime groups is 1. The molecule has 2 aromatic rings. The quantitative estimate of drug-likeness (QED) is 0.458. The topological polar surface area (TPSA) is 74.4 Å². The highest BCUT2D eigenvalue weighted by Gasteiger charge is 2.44. The second-order valence-corrected chi connectivity index (χ2v) is 6.12. The van der Waals surface area contributed by atoms with Crippen LogP contribution in [0.4, 0.5) is 0 Å². The minimum Gasteiger partial charge on any atom is -0.476 e. The van der Waals surface area contributed by atoms with Gasteiger partial charge in [0.2, 0.25) is 0 Å². The van der Waals surface area contributed by atoms with Crippen LogP contribution < -0.4 is 0 Å². The van der Waals surface area contributed by atoms with Gasteiger partial charge in [0.15, 0.2) is 11.9 Å². The van der Waals surface area contributed by atoms with Crippen molar-refractivity contribution < 1.29 is 19.6 Å². The van der Waals surface area contributed by atoms with Crippen LogP contribution in [0.3, 0.4) is 0 Å². The van der Waals surface area contributed by atoms with Crippen molar-refractivity contribution in [2.24, 2.45) is 5.16 Å². The molecule has 3 atom stereocenters. The Labute approximate surface area is 158 Å². The number of benzene rings is 2. The Bertz CT molecular complexity index is 877. The van der Waals surface area contributed by atoms with Gasteiger partial charge in [0, 0.05) is 11.1 Å². The summed E-state index contributed by atoms with van der Waals surface area (Å²) < 4.78 is 0. The molecule has 0 aromatic heterocycles. The van der Waals surface area contributed by atoms with Crippen LogP contribution in [0.25, 0.3) is 5.57 Å². The van der Waals surface area contributed by atoms with E-state index in [-0.39, 0.29) is 18.0 Å². The van der Waals surface area contributed by atoms with Crippen molar-refractivity contribution in [2.45, 2.75) is 26.1 Å². The summed E-state index contributed by atoms with van der Waals surface area (Å²) in [6, 6.07) is 17.3. The summed E-state index contributed by atoms with van der Waals surface area (Å²) in [5.41, 5.74) is 3.34. The van der Waals surface area contributed by atoms with Crippen LogP contribution in [-0.2, 0) is 14.5 Å². The summed E-state index contributed by atoms with van der Waals surface area (Å²) in [6.07, 6.45) is 1.73. The van der Waals surface area contributed by atoms with Crippen molar-refractivity contribution in [3.63, 3.8) is 0 Å². The summed E-state index contributed by atoms with van der Waals surface area (Å²) in [4.78, 5) is 22.1. The van der Waals surface area contributed by atoms with Gasteiger partial charge >= 0.3 is 5.97 Å². The molecule has 1 aliphatic heterocycles. The standard InChI is InChI=1S/C21H22N2O4/c1-4-16(15-10-6-5-7-11-15)14(2)23-20(27-23)18-13-9-8-12-17(18)19(21(24)25)22-26-3/h4-14,20H,1-3H3,(H,24,25)/b16-4?,22-19+. The number of hydrogen-bond donors (Lipinski definition) is 1. The van der Waals surface area contributed by atoms with Gasteiger partial charge in [-0.3, -0.25) is 4.84 Å². The zero-order chi connectivity index (χ0) is 19.4. The summed E-state index contributed by atoms with van der Waals surface area (Å²) >= 11 is 0. The third kappa shape index (κ3) is 3.92. The number of hydrogen-bond acceptors (Lipinski definition) is 5. The molecule has 0 bridgehead atoms. The summed E-state index contributed by atoms with van der Waals surface area (Å²) in [5.74, 6) is -1.15. The molecule has 3 rings (SSSR count). The average Bonchev–Trinajstić information content (AvgIpc) is 3.48. The van der Waals surface area contributed by atoms with E-state index in [4.69, 9.17) is 9.68 Å². The highest BCUT2D eigenvalue weighted by molar-refractivity contribution is 6.42. The van der Waals surface area contributed by atoms with E-state index in [1.54, 1.807) is 12.1 Å². The van der Waals surface area contributed by atoms with E-state index in [0.717, 1.165) is 16.7 Å². The van der Waals surface area contributed by atoms with Crippen LogP contribution in [-0.4, -0.2) is 35.0 Å². The molecule has 1 aliphatic rings.